The molecule has 6 nitrogen and oxygen atoms in total. The zero-order valence-corrected chi connectivity index (χ0v) is 11.6. The summed E-state index contributed by atoms with van der Waals surface area (Å²) in [6, 6.07) is 2.66. The molecule has 100 valence electrons. The van der Waals surface area contributed by atoms with Crippen LogP contribution in [-0.2, 0) is 6.42 Å². The van der Waals surface area contributed by atoms with Gasteiger partial charge in [-0.25, -0.2) is 0 Å². The molecule has 19 heavy (non-hydrogen) atoms. The lowest BCUT2D eigenvalue weighted by Crippen LogP contribution is -2.34. The van der Waals surface area contributed by atoms with Gasteiger partial charge in [0, 0.05) is 11.4 Å². The SMILES string of the molecule is COc1nc(N)nc(N2CCc3sccc3C2C)n1. The Labute approximate surface area is 115 Å². The maximum absolute atomic E-state index is 5.69. The van der Waals surface area contributed by atoms with Gasteiger partial charge in [0.15, 0.2) is 0 Å². The van der Waals surface area contributed by atoms with Gasteiger partial charge in [0.2, 0.25) is 11.9 Å². The van der Waals surface area contributed by atoms with Gasteiger partial charge < -0.3 is 15.4 Å². The van der Waals surface area contributed by atoms with Crippen molar-refractivity contribution in [3.05, 3.63) is 21.9 Å². The van der Waals surface area contributed by atoms with Gasteiger partial charge in [-0.15, -0.1) is 11.3 Å². The first-order valence-electron chi connectivity index (χ1n) is 6.07. The molecule has 0 bridgehead atoms. The highest BCUT2D eigenvalue weighted by Gasteiger charge is 2.27. The van der Waals surface area contributed by atoms with Crippen LogP contribution in [0.4, 0.5) is 11.9 Å². The van der Waals surface area contributed by atoms with E-state index in [0.29, 0.717) is 5.95 Å². The number of hydrogen-bond donors (Lipinski definition) is 1. The number of anilines is 2. The van der Waals surface area contributed by atoms with E-state index in [9.17, 15) is 0 Å². The van der Waals surface area contributed by atoms with E-state index in [1.54, 1.807) is 0 Å². The summed E-state index contributed by atoms with van der Waals surface area (Å²) in [5, 5.41) is 2.13. The third-order valence-electron chi connectivity index (χ3n) is 3.34. The molecule has 0 aliphatic carbocycles. The average molecular weight is 277 g/mol. The quantitative estimate of drug-likeness (QED) is 0.899. The van der Waals surface area contributed by atoms with Crippen LogP contribution in [0.3, 0.4) is 0 Å². The Balaban J connectivity index is 1.97. The predicted molar refractivity (Wildman–Crippen MR) is 74.6 cm³/mol. The highest BCUT2D eigenvalue weighted by molar-refractivity contribution is 7.10. The molecule has 1 atom stereocenters. The van der Waals surface area contributed by atoms with Crippen LogP contribution in [0.1, 0.15) is 23.4 Å². The normalized spacial score (nSPS) is 18.2. The Morgan fingerprint density at radius 1 is 1.42 bits per heavy atom. The minimum Gasteiger partial charge on any atom is -0.467 e. The van der Waals surface area contributed by atoms with Crippen LogP contribution in [-0.4, -0.2) is 28.6 Å². The number of nitrogens with two attached hydrogens (primary N) is 1. The first kappa shape index (κ1) is 12.2. The molecule has 0 spiro atoms. The molecule has 0 saturated carbocycles. The van der Waals surface area contributed by atoms with Crippen LogP contribution in [0.15, 0.2) is 11.4 Å². The third kappa shape index (κ3) is 2.10. The van der Waals surface area contributed by atoms with Crippen LogP contribution in [0, 0.1) is 0 Å². The number of hydrogen-bond acceptors (Lipinski definition) is 7. The molecule has 2 aromatic heterocycles. The lowest BCUT2D eigenvalue weighted by Gasteiger charge is -2.33. The van der Waals surface area contributed by atoms with Crippen LogP contribution < -0.4 is 15.4 Å². The molecule has 1 aliphatic rings. The van der Waals surface area contributed by atoms with Crippen molar-refractivity contribution in [1.82, 2.24) is 15.0 Å². The molecule has 0 fully saturated rings. The summed E-state index contributed by atoms with van der Waals surface area (Å²) in [4.78, 5) is 16.0. The van der Waals surface area contributed by atoms with Gasteiger partial charge in [0.05, 0.1) is 13.2 Å². The topological polar surface area (TPSA) is 77.2 Å². The number of methoxy groups -OCH3 is 1. The van der Waals surface area contributed by atoms with E-state index in [1.807, 2.05) is 11.3 Å². The van der Waals surface area contributed by atoms with Gasteiger partial charge in [-0.3, -0.25) is 0 Å². The lowest BCUT2D eigenvalue weighted by atomic mass is 10.0. The van der Waals surface area contributed by atoms with Crippen molar-refractivity contribution in [2.45, 2.75) is 19.4 Å². The van der Waals surface area contributed by atoms with Gasteiger partial charge in [0.1, 0.15) is 0 Å². The van der Waals surface area contributed by atoms with Crippen LogP contribution in [0.5, 0.6) is 6.01 Å². The number of nitrogens with zero attached hydrogens (tertiary/aromatic N) is 4. The van der Waals surface area contributed by atoms with Gasteiger partial charge in [-0.2, -0.15) is 15.0 Å². The van der Waals surface area contributed by atoms with E-state index in [1.165, 1.54) is 17.6 Å². The van der Waals surface area contributed by atoms with Crippen LogP contribution >= 0.6 is 11.3 Å². The van der Waals surface area contributed by atoms with Crippen LogP contribution in [0.25, 0.3) is 0 Å². The molecule has 0 amide bonds. The first-order valence-corrected chi connectivity index (χ1v) is 6.95. The van der Waals surface area contributed by atoms with Crippen LogP contribution in [0.2, 0.25) is 0 Å². The third-order valence-corrected chi connectivity index (χ3v) is 4.33. The van der Waals surface area contributed by atoms with Crippen molar-refractivity contribution in [3.63, 3.8) is 0 Å². The van der Waals surface area contributed by atoms with Gasteiger partial charge in [0.25, 0.3) is 0 Å². The second kappa shape index (κ2) is 4.65. The van der Waals surface area contributed by atoms with E-state index in [4.69, 9.17) is 10.5 Å². The molecule has 2 N–H and O–H groups in total. The van der Waals surface area contributed by atoms with E-state index in [2.05, 4.69) is 38.2 Å². The average Bonchev–Trinajstić information content (AvgIpc) is 2.87. The maximum Gasteiger partial charge on any atom is 0.322 e. The molecule has 3 heterocycles. The molecule has 3 rings (SSSR count). The Morgan fingerprint density at radius 3 is 3.05 bits per heavy atom. The van der Waals surface area contributed by atoms with E-state index in [0.717, 1.165) is 13.0 Å². The van der Waals surface area contributed by atoms with Gasteiger partial charge >= 0.3 is 6.01 Å². The summed E-state index contributed by atoms with van der Waals surface area (Å²) in [6.07, 6.45) is 1.01. The van der Waals surface area contributed by atoms with Crippen molar-refractivity contribution in [1.29, 1.82) is 0 Å². The maximum atomic E-state index is 5.69. The summed E-state index contributed by atoms with van der Waals surface area (Å²) in [5.41, 5.74) is 7.04. The second-order valence-corrected chi connectivity index (χ2v) is 5.40. The fourth-order valence-electron chi connectivity index (χ4n) is 2.36. The molecule has 0 aromatic carbocycles. The van der Waals surface area contributed by atoms with Crippen molar-refractivity contribution in [3.8, 4) is 6.01 Å². The zero-order chi connectivity index (χ0) is 13.4. The Hall–Kier alpha value is -1.89. The van der Waals surface area contributed by atoms with Crippen molar-refractivity contribution >= 4 is 23.2 Å². The summed E-state index contributed by atoms with van der Waals surface area (Å²) < 4.78 is 5.05. The van der Waals surface area contributed by atoms with Crippen molar-refractivity contribution in [2.75, 3.05) is 24.3 Å². The number of rotatable bonds is 2. The van der Waals surface area contributed by atoms with Gasteiger partial charge in [-0.05, 0) is 30.4 Å². The smallest absolute Gasteiger partial charge is 0.322 e. The highest BCUT2D eigenvalue weighted by Crippen LogP contribution is 2.34. The molecule has 1 unspecified atom stereocenters. The molecule has 0 saturated heterocycles. The zero-order valence-electron chi connectivity index (χ0n) is 10.8. The Bertz CT molecular complexity index is 600. The number of thiophene rings is 1. The lowest BCUT2D eigenvalue weighted by molar-refractivity contribution is 0.378. The minimum absolute atomic E-state index is 0.185. The fraction of sp³-hybridized carbons (Fsp3) is 0.417. The predicted octanol–water partition coefficient (Wildman–Crippen LogP) is 1.65. The second-order valence-electron chi connectivity index (χ2n) is 4.40. The first-order chi connectivity index (χ1) is 9.19. The number of fused-ring (bicyclic) bond motifs is 1. The molecule has 2 aromatic rings. The van der Waals surface area contributed by atoms with Gasteiger partial charge in [-0.1, -0.05) is 0 Å². The molecule has 0 radical (unpaired) electrons. The van der Waals surface area contributed by atoms with E-state index in [-0.39, 0.29) is 18.0 Å². The minimum atomic E-state index is 0.185. The molecule has 1 aliphatic heterocycles. The Morgan fingerprint density at radius 2 is 2.26 bits per heavy atom. The standard InChI is InChI=1S/C12H15N5OS/c1-7-8-4-6-19-9(8)3-5-17(7)11-14-10(13)15-12(16-11)18-2/h4,6-7H,3,5H2,1-2H3,(H2,13,14,15,16). The summed E-state index contributed by atoms with van der Waals surface area (Å²) in [7, 11) is 1.52. The largest absolute Gasteiger partial charge is 0.467 e. The number of nitrogen functional groups attached to an aromatic ring is 1. The van der Waals surface area contributed by atoms with E-state index < -0.39 is 0 Å². The number of aromatic nitrogens is 3. The summed E-state index contributed by atoms with van der Waals surface area (Å²) in [6.45, 7) is 3.03. The number of ether oxygens (including phenoxy) is 1. The van der Waals surface area contributed by atoms with E-state index >= 15 is 0 Å². The summed E-state index contributed by atoms with van der Waals surface area (Å²) >= 11 is 1.81. The summed E-state index contributed by atoms with van der Waals surface area (Å²) in [5.74, 6) is 0.763. The molecular formula is C12H15N5OS. The molecular weight excluding hydrogens is 262 g/mol. The monoisotopic (exact) mass is 277 g/mol. The fourth-order valence-corrected chi connectivity index (χ4v) is 3.33. The Kier molecular flexibility index (Phi) is 2.98. The van der Waals surface area contributed by atoms with Crippen molar-refractivity contribution < 1.29 is 4.74 Å². The molecule has 7 heteroatoms. The highest BCUT2D eigenvalue weighted by atomic mass is 32.1. The van der Waals surface area contributed by atoms with Crippen molar-refractivity contribution in [2.24, 2.45) is 0 Å².